The summed E-state index contributed by atoms with van der Waals surface area (Å²) in [6, 6.07) is 12.6. The molecular formula is C20H22BrN2O4+. The molecule has 0 unspecified atom stereocenters. The number of nitrogens with two attached hydrogens (primary N) is 1. The highest BCUT2D eigenvalue weighted by Crippen LogP contribution is 2.27. The lowest BCUT2D eigenvalue weighted by Gasteiger charge is -2.14. The normalized spacial score (nSPS) is 16.7. The van der Waals surface area contributed by atoms with Crippen LogP contribution >= 0.6 is 15.9 Å². The third kappa shape index (κ3) is 4.31. The maximum atomic E-state index is 12.7. The lowest BCUT2D eigenvalue weighted by atomic mass is 10.1. The number of methoxy groups -OCH3 is 2. The van der Waals surface area contributed by atoms with Crippen molar-refractivity contribution in [2.75, 3.05) is 25.7 Å². The Morgan fingerprint density at radius 3 is 2.44 bits per heavy atom. The molecular weight excluding hydrogens is 412 g/mol. The Balaban J connectivity index is 1.60. The van der Waals surface area contributed by atoms with Gasteiger partial charge in [-0.2, -0.15) is 0 Å². The average Bonchev–Trinajstić information content (AvgIpc) is 2.96. The first kappa shape index (κ1) is 19.4. The average molecular weight is 434 g/mol. The number of amides is 2. The highest BCUT2D eigenvalue weighted by Gasteiger charge is 2.41. The molecule has 1 aliphatic heterocycles. The number of nitrogens with zero attached hydrogens (tertiary/aromatic N) is 1. The van der Waals surface area contributed by atoms with E-state index in [-0.39, 0.29) is 24.3 Å². The van der Waals surface area contributed by atoms with Gasteiger partial charge in [0.05, 0.1) is 32.9 Å². The number of hydrogen-bond donors (Lipinski definition) is 1. The Hall–Kier alpha value is -2.38. The molecule has 142 valence electrons. The number of benzene rings is 2. The van der Waals surface area contributed by atoms with E-state index in [1.165, 1.54) is 4.90 Å². The van der Waals surface area contributed by atoms with Crippen molar-refractivity contribution in [1.29, 1.82) is 0 Å². The maximum absolute atomic E-state index is 12.7. The van der Waals surface area contributed by atoms with Crippen LogP contribution in [0.4, 0.5) is 5.69 Å². The minimum Gasteiger partial charge on any atom is -0.493 e. The van der Waals surface area contributed by atoms with E-state index in [0.717, 1.165) is 16.5 Å². The van der Waals surface area contributed by atoms with Crippen LogP contribution < -0.4 is 19.7 Å². The lowest BCUT2D eigenvalue weighted by molar-refractivity contribution is -0.674. The van der Waals surface area contributed by atoms with Gasteiger partial charge in [0.2, 0.25) is 5.91 Å². The molecule has 1 saturated heterocycles. The molecule has 2 amide bonds. The van der Waals surface area contributed by atoms with Gasteiger partial charge in [-0.05, 0) is 42.0 Å². The lowest BCUT2D eigenvalue weighted by Crippen LogP contribution is -2.92. The number of rotatable bonds is 7. The third-order valence-corrected chi connectivity index (χ3v) is 5.13. The van der Waals surface area contributed by atoms with Crippen LogP contribution in [0, 0.1) is 0 Å². The molecule has 0 aliphatic carbocycles. The van der Waals surface area contributed by atoms with Crippen molar-refractivity contribution in [3.05, 3.63) is 52.5 Å². The van der Waals surface area contributed by atoms with Crippen LogP contribution in [0.1, 0.15) is 12.0 Å². The minimum absolute atomic E-state index is 0.158. The zero-order valence-corrected chi connectivity index (χ0v) is 16.9. The smallest absolute Gasteiger partial charge is 0.292 e. The topological polar surface area (TPSA) is 72.5 Å². The maximum Gasteiger partial charge on any atom is 0.292 e. The fourth-order valence-corrected chi connectivity index (χ4v) is 3.45. The van der Waals surface area contributed by atoms with Gasteiger partial charge < -0.3 is 14.8 Å². The molecule has 1 aliphatic rings. The van der Waals surface area contributed by atoms with Crippen molar-refractivity contribution in [3.63, 3.8) is 0 Å². The van der Waals surface area contributed by atoms with Crippen molar-refractivity contribution in [2.45, 2.75) is 18.9 Å². The molecule has 2 aromatic carbocycles. The van der Waals surface area contributed by atoms with Crippen LogP contribution in [0.25, 0.3) is 0 Å². The second kappa shape index (κ2) is 8.54. The van der Waals surface area contributed by atoms with Crippen LogP contribution in [0.2, 0.25) is 0 Å². The highest BCUT2D eigenvalue weighted by molar-refractivity contribution is 9.10. The zero-order chi connectivity index (χ0) is 19.4. The van der Waals surface area contributed by atoms with E-state index < -0.39 is 0 Å². The van der Waals surface area contributed by atoms with Crippen LogP contribution in [-0.4, -0.2) is 38.6 Å². The summed E-state index contributed by atoms with van der Waals surface area (Å²) < 4.78 is 11.5. The third-order valence-electron chi connectivity index (χ3n) is 4.60. The van der Waals surface area contributed by atoms with Crippen LogP contribution in [0.5, 0.6) is 11.5 Å². The molecule has 1 atom stereocenters. The van der Waals surface area contributed by atoms with Gasteiger partial charge >= 0.3 is 0 Å². The number of anilines is 1. The quantitative estimate of drug-likeness (QED) is 0.676. The molecule has 0 bridgehead atoms. The fourth-order valence-electron chi connectivity index (χ4n) is 3.19. The number of ether oxygens (including phenoxy) is 2. The minimum atomic E-state index is -0.374. The molecule has 7 heteroatoms. The predicted molar refractivity (Wildman–Crippen MR) is 105 cm³/mol. The van der Waals surface area contributed by atoms with Crippen LogP contribution in [0.3, 0.4) is 0 Å². The standard InChI is InChI=1S/C20H21BrN2O4/c1-26-17-8-3-13(11-18(17)27-2)9-10-22-16-12-19(24)23(20(16)25)15-6-4-14(21)5-7-15/h3-8,11,16,22H,9-10,12H2,1-2H3/p+1/t16-/m0/s1. The number of halogens is 1. The number of imide groups is 1. The first-order valence-electron chi connectivity index (χ1n) is 8.70. The summed E-state index contributed by atoms with van der Waals surface area (Å²) >= 11 is 3.36. The number of hydrogen-bond acceptors (Lipinski definition) is 4. The molecule has 1 fully saturated rings. The van der Waals surface area contributed by atoms with Crippen molar-refractivity contribution >= 4 is 33.4 Å². The van der Waals surface area contributed by atoms with E-state index >= 15 is 0 Å². The molecule has 2 N–H and O–H groups in total. The van der Waals surface area contributed by atoms with Crippen molar-refractivity contribution in [1.82, 2.24) is 0 Å². The fraction of sp³-hybridized carbons (Fsp3) is 0.300. The highest BCUT2D eigenvalue weighted by atomic mass is 79.9. The van der Waals surface area contributed by atoms with E-state index in [2.05, 4.69) is 15.9 Å². The van der Waals surface area contributed by atoms with Gasteiger partial charge in [0.1, 0.15) is 0 Å². The Morgan fingerprint density at radius 1 is 1.07 bits per heavy atom. The van der Waals surface area contributed by atoms with Gasteiger partial charge in [0.25, 0.3) is 5.91 Å². The molecule has 0 saturated carbocycles. The molecule has 3 rings (SSSR count). The summed E-state index contributed by atoms with van der Waals surface area (Å²) in [6.45, 7) is 0.702. The largest absolute Gasteiger partial charge is 0.493 e. The first-order chi connectivity index (χ1) is 13.0. The van der Waals surface area contributed by atoms with Crippen LogP contribution in [-0.2, 0) is 16.0 Å². The van der Waals surface area contributed by atoms with Gasteiger partial charge in [-0.3, -0.25) is 9.59 Å². The predicted octanol–water partition coefficient (Wildman–Crippen LogP) is 1.90. The molecule has 0 aromatic heterocycles. The van der Waals surface area contributed by atoms with E-state index in [4.69, 9.17) is 9.47 Å². The van der Waals surface area contributed by atoms with Gasteiger partial charge in [-0.15, -0.1) is 0 Å². The summed E-state index contributed by atoms with van der Waals surface area (Å²) in [5, 5.41) is 1.94. The van der Waals surface area contributed by atoms with Crippen LogP contribution in [0.15, 0.2) is 46.9 Å². The summed E-state index contributed by atoms with van der Waals surface area (Å²) in [4.78, 5) is 26.2. The second-order valence-electron chi connectivity index (χ2n) is 6.32. The SMILES string of the molecule is COc1ccc(CC[NH2+][C@H]2CC(=O)N(c3ccc(Br)cc3)C2=O)cc1OC. The Labute approximate surface area is 166 Å². The summed E-state index contributed by atoms with van der Waals surface area (Å²) in [6.07, 6.45) is 0.984. The number of carbonyl (C=O) groups excluding carboxylic acids is 2. The molecule has 0 radical (unpaired) electrons. The number of carbonyl (C=O) groups is 2. The van der Waals surface area contributed by atoms with Gasteiger partial charge in [-0.1, -0.05) is 22.0 Å². The van der Waals surface area contributed by atoms with E-state index in [9.17, 15) is 9.59 Å². The zero-order valence-electron chi connectivity index (χ0n) is 15.3. The summed E-state index contributed by atoms with van der Waals surface area (Å²) in [5.74, 6) is 1.06. The number of quaternary nitrogens is 1. The Morgan fingerprint density at radius 2 is 1.78 bits per heavy atom. The monoisotopic (exact) mass is 433 g/mol. The molecule has 6 nitrogen and oxygen atoms in total. The van der Waals surface area contributed by atoms with Gasteiger partial charge in [0, 0.05) is 10.9 Å². The van der Waals surface area contributed by atoms with E-state index in [0.29, 0.717) is 23.7 Å². The van der Waals surface area contributed by atoms with E-state index in [1.54, 1.807) is 26.4 Å². The summed E-state index contributed by atoms with van der Waals surface area (Å²) in [7, 11) is 3.21. The molecule has 0 spiro atoms. The van der Waals surface area contributed by atoms with Crippen molar-refractivity contribution in [2.24, 2.45) is 0 Å². The van der Waals surface area contributed by atoms with Gasteiger partial charge in [-0.25, -0.2) is 4.90 Å². The molecule has 27 heavy (non-hydrogen) atoms. The van der Waals surface area contributed by atoms with Crippen molar-refractivity contribution < 1.29 is 24.4 Å². The first-order valence-corrected chi connectivity index (χ1v) is 9.49. The Kier molecular flexibility index (Phi) is 6.13. The Bertz CT molecular complexity index is 838. The van der Waals surface area contributed by atoms with Gasteiger partial charge in [0.15, 0.2) is 17.5 Å². The second-order valence-corrected chi connectivity index (χ2v) is 7.23. The van der Waals surface area contributed by atoms with Crippen molar-refractivity contribution in [3.8, 4) is 11.5 Å². The summed E-state index contributed by atoms with van der Waals surface area (Å²) in [5.41, 5.74) is 1.70. The van der Waals surface area contributed by atoms with E-state index in [1.807, 2.05) is 35.6 Å². The molecule has 2 aromatic rings. The molecule has 1 heterocycles.